The van der Waals surface area contributed by atoms with Crippen LogP contribution in [0, 0.1) is 0 Å². The first kappa shape index (κ1) is 18.9. The summed E-state index contributed by atoms with van der Waals surface area (Å²) >= 11 is 0. The number of nitrogens with zero attached hydrogens (tertiary/aromatic N) is 1. The lowest BCUT2D eigenvalue weighted by atomic mass is 10.2. The van der Waals surface area contributed by atoms with Gasteiger partial charge >= 0.3 is 11.7 Å². The van der Waals surface area contributed by atoms with Gasteiger partial charge in [-0.05, 0) is 36.4 Å². The van der Waals surface area contributed by atoms with E-state index in [1.165, 1.54) is 6.92 Å². The third kappa shape index (κ3) is 4.64. The molecule has 2 N–H and O–H groups in total. The first-order chi connectivity index (χ1) is 13.4. The Morgan fingerprint density at radius 3 is 2.32 bits per heavy atom. The van der Waals surface area contributed by atoms with Gasteiger partial charge in [0.1, 0.15) is 6.54 Å². The number of nitrogens with one attached hydrogen (secondary N) is 2. The normalized spacial score (nSPS) is 10.5. The summed E-state index contributed by atoms with van der Waals surface area (Å²) < 4.78 is 11.1. The molecule has 0 spiro atoms. The molecule has 0 saturated heterocycles. The van der Waals surface area contributed by atoms with Gasteiger partial charge in [-0.3, -0.25) is 19.0 Å². The molecular weight excluding hydrogens is 366 g/mol. The molecule has 9 heteroatoms. The second-order valence-electron chi connectivity index (χ2n) is 5.89. The number of fused-ring (bicyclic) bond motifs is 1. The minimum atomic E-state index is -0.746. The Hall–Kier alpha value is -3.88. The van der Waals surface area contributed by atoms with Crippen molar-refractivity contribution in [1.82, 2.24) is 4.57 Å². The second kappa shape index (κ2) is 8.21. The fourth-order valence-electron chi connectivity index (χ4n) is 2.52. The molecule has 0 atom stereocenters. The highest BCUT2D eigenvalue weighted by Gasteiger charge is 2.14. The van der Waals surface area contributed by atoms with Crippen molar-refractivity contribution in [1.29, 1.82) is 0 Å². The van der Waals surface area contributed by atoms with Gasteiger partial charge in [-0.2, -0.15) is 0 Å². The molecule has 1 aromatic heterocycles. The highest BCUT2D eigenvalue weighted by Crippen LogP contribution is 2.14. The molecular formula is C19H17N3O6. The molecule has 0 aliphatic heterocycles. The van der Waals surface area contributed by atoms with Crippen molar-refractivity contribution < 1.29 is 23.5 Å². The van der Waals surface area contributed by atoms with Gasteiger partial charge in [0.15, 0.2) is 12.2 Å². The van der Waals surface area contributed by atoms with E-state index in [4.69, 9.17) is 9.15 Å². The molecule has 3 rings (SSSR count). The number of amides is 2. The van der Waals surface area contributed by atoms with Crippen LogP contribution in [0.3, 0.4) is 0 Å². The Bertz CT molecular complexity index is 1080. The average Bonchev–Trinajstić information content (AvgIpc) is 2.97. The van der Waals surface area contributed by atoms with E-state index in [1.54, 1.807) is 48.5 Å². The molecule has 2 amide bonds. The number of carbonyl (C=O) groups excluding carboxylic acids is 3. The molecule has 0 bridgehead atoms. The third-order valence-corrected chi connectivity index (χ3v) is 3.71. The predicted molar refractivity (Wildman–Crippen MR) is 101 cm³/mol. The quantitative estimate of drug-likeness (QED) is 0.626. The largest absolute Gasteiger partial charge is 0.454 e. The second-order valence-corrected chi connectivity index (χ2v) is 5.89. The van der Waals surface area contributed by atoms with Crippen LogP contribution in [0.4, 0.5) is 11.4 Å². The maximum Gasteiger partial charge on any atom is 0.420 e. The lowest BCUT2D eigenvalue weighted by Crippen LogP contribution is -2.25. The van der Waals surface area contributed by atoms with E-state index in [2.05, 4.69) is 10.6 Å². The number of esters is 1. The number of hydrogen-bond acceptors (Lipinski definition) is 6. The fraction of sp³-hybridized carbons (Fsp3) is 0.158. The Labute approximate surface area is 158 Å². The van der Waals surface area contributed by atoms with Crippen molar-refractivity contribution in [2.45, 2.75) is 13.5 Å². The number of hydrogen-bond donors (Lipinski definition) is 2. The van der Waals surface area contributed by atoms with Crippen molar-refractivity contribution in [2.75, 3.05) is 17.2 Å². The number of carbonyl (C=O) groups is 3. The van der Waals surface area contributed by atoms with Crippen molar-refractivity contribution >= 4 is 40.3 Å². The number of aromatic nitrogens is 1. The van der Waals surface area contributed by atoms with E-state index in [0.717, 1.165) is 4.57 Å². The van der Waals surface area contributed by atoms with E-state index in [-0.39, 0.29) is 12.5 Å². The van der Waals surface area contributed by atoms with Crippen molar-refractivity contribution in [3.05, 3.63) is 59.1 Å². The van der Waals surface area contributed by atoms with Crippen molar-refractivity contribution in [3.8, 4) is 0 Å². The Kier molecular flexibility index (Phi) is 5.54. The summed E-state index contributed by atoms with van der Waals surface area (Å²) in [6, 6.07) is 13.1. The van der Waals surface area contributed by atoms with Crippen molar-refractivity contribution in [3.63, 3.8) is 0 Å². The van der Waals surface area contributed by atoms with Crippen LogP contribution in [0.2, 0.25) is 0 Å². The van der Waals surface area contributed by atoms with Gasteiger partial charge in [-0.15, -0.1) is 0 Å². The molecule has 3 aromatic rings. The Morgan fingerprint density at radius 1 is 1.00 bits per heavy atom. The number of benzene rings is 2. The van der Waals surface area contributed by atoms with Crippen LogP contribution in [-0.2, 0) is 25.7 Å². The highest BCUT2D eigenvalue weighted by atomic mass is 16.5. The van der Waals surface area contributed by atoms with Crippen LogP contribution < -0.4 is 16.4 Å². The highest BCUT2D eigenvalue weighted by molar-refractivity contribution is 5.93. The van der Waals surface area contributed by atoms with Gasteiger partial charge in [0.2, 0.25) is 5.91 Å². The van der Waals surface area contributed by atoms with Gasteiger partial charge in [0.05, 0.1) is 5.52 Å². The summed E-state index contributed by atoms with van der Waals surface area (Å²) in [4.78, 5) is 46.7. The fourth-order valence-corrected chi connectivity index (χ4v) is 2.52. The summed E-state index contributed by atoms with van der Waals surface area (Å²) in [6.45, 7) is 0.524. The topological polar surface area (TPSA) is 120 Å². The third-order valence-electron chi connectivity index (χ3n) is 3.71. The van der Waals surface area contributed by atoms with Crippen LogP contribution in [0.1, 0.15) is 6.92 Å². The average molecular weight is 383 g/mol. The van der Waals surface area contributed by atoms with E-state index < -0.39 is 24.2 Å². The Balaban J connectivity index is 1.52. The molecule has 0 fully saturated rings. The van der Waals surface area contributed by atoms with Crippen LogP contribution in [0.5, 0.6) is 0 Å². The minimum Gasteiger partial charge on any atom is -0.454 e. The van der Waals surface area contributed by atoms with Crippen molar-refractivity contribution in [2.24, 2.45) is 0 Å². The molecule has 0 aliphatic rings. The number of rotatable bonds is 6. The van der Waals surface area contributed by atoms with Gasteiger partial charge in [-0.25, -0.2) is 4.79 Å². The maximum atomic E-state index is 12.0. The van der Waals surface area contributed by atoms with E-state index in [1.807, 2.05) is 0 Å². The summed E-state index contributed by atoms with van der Waals surface area (Å²) in [5.74, 6) is -2.16. The van der Waals surface area contributed by atoms with Crippen LogP contribution >= 0.6 is 0 Å². The molecule has 0 unspecified atom stereocenters. The summed E-state index contributed by atoms with van der Waals surface area (Å²) in [5.41, 5.74) is 1.90. The molecule has 0 radical (unpaired) electrons. The SMILES string of the molecule is CC(=O)Nc1ccc(NC(=O)COC(=O)Cn2c(=O)oc3ccccc32)cc1. The van der Waals surface area contributed by atoms with Crippen LogP contribution in [-0.4, -0.2) is 29.0 Å². The smallest absolute Gasteiger partial charge is 0.420 e. The number of ether oxygens (including phenoxy) is 1. The minimum absolute atomic E-state index is 0.201. The summed E-state index contributed by atoms with van der Waals surface area (Å²) in [6.07, 6.45) is 0. The Morgan fingerprint density at radius 2 is 1.64 bits per heavy atom. The molecule has 9 nitrogen and oxygen atoms in total. The van der Waals surface area contributed by atoms with Gasteiger partial charge < -0.3 is 19.8 Å². The molecule has 0 saturated carbocycles. The van der Waals surface area contributed by atoms with Gasteiger partial charge in [-0.1, -0.05) is 12.1 Å². The standard InChI is InChI=1S/C19H17N3O6/c1-12(23)20-13-6-8-14(9-7-13)21-17(24)11-27-18(25)10-22-15-4-2-3-5-16(15)28-19(22)26/h2-9H,10-11H2,1H3,(H,20,23)(H,21,24). The number of oxazole rings is 1. The lowest BCUT2D eigenvalue weighted by molar-refractivity contribution is -0.147. The summed E-state index contributed by atoms with van der Waals surface area (Å²) in [5, 5.41) is 5.17. The number of para-hydroxylation sites is 2. The monoisotopic (exact) mass is 383 g/mol. The first-order valence-corrected chi connectivity index (χ1v) is 8.34. The van der Waals surface area contributed by atoms with Gasteiger partial charge in [0.25, 0.3) is 5.91 Å². The summed E-state index contributed by atoms with van der Waals surface area (Å²) in [7, 11) is 0. The molecule has 2 aromatic carbocycles. The van der Waals surface area contributed by atoms with Gasteiger partial charge in [0, 0.05) is 18.3 Å². The maximum absolute atomic E-state index is 12.0. The zero-order chi connectivity index (χ0) is 20.1. The van der Waals surface area contributed by atoms with Crippen LogP contribution in [0.15, 0.2) is 57.7 Å². The molecule has 0 aliphatic carbocycles. The van der Waals surface area contributed by atoms with E-state index >= 15 is 0 Å². The zero-order valence-electron chi connectivity index (χ0n) is 14.9. The zero-order valence-corrected chi connectivity index (χ0v) is 14.9. The van der Waals surface area contributed by atoms with E-state index in [9.17, 15) is 19.2 Å². The molecule has 144 valence electrons. The van der Waals surface area contributed by atoms with E-state index in [0.29, 0.717) is 22.5 Å². The first-order valence-electron chi connectivity index (χ1n) is 8.34. The van der Waals surface area contributed by atoms with Crippen LogP contribution in [0.25, 0.3) is 11.1 Å². The molecule has 1 heterocycles. The lowest BCUT2D eigenvalue weighted by Gasteiger charge is -2.08. The number of anilines is 2. The molecule has 28 heavy (non-hydrogen) atoms. The predicted octanol–water partition coefficient (Wildman–Crippen LogP) is 1.73.